The lowest BCUT2D eigenvalue weighted by Crippen LogP contribution is -2.38. The van der Waals surface area contributed by atoms with Gasteiger partial charge in [0.05, 0.1) is 0 Å². The molecular formula is C18H23NO2. The Kier molecular flexibility index (Phi) is 3.85. The van der Waals surface area contributed by atoms with Gasteiger partial charge in [-0.2, -0.15) is 0 Å². The Hall–Kier alpha value is -1.61. The molecule has 0 N–H and O–H groups in total. The van der Waals surface area contributed by atoms with E-state index in [1.807, 2.05) is 13.0 Å². The molecule has 0 saturated carbocycles. The molecule has 21 heavy (non-hydrogen) atoms. The van der Waals surface area contributed by atoms with Crippen LogP contribution in [0.1, 0.15) is 31.4 Å². The average molecular weight is 285 g/mol. The summed E-state index contributed by atoms with van der Waals surface area (Å²) in [6.07, 6.45) is 1.30. The molecule has 112 valence electrons. The first kappa shape index (κ1) is 14.3. The van der Waals surface area contributed by atoms with Crippen molar-refractivity contribution in [2.75, 3.05) is 13.1 Å². The summed E-state index contributed by atoms with van der Waals surface area (Å²) in [4.78, 5) is 14.3. The lowest BCUT2D eigenvalue weighted by atomic mass is 9.91. The number of piperidine rings is 1. The standard InChI is InChI=1S/C18H23NO2/c1-12-4-5-16-15(8-18(20)21-17(16)7-12)11-19-9-13(2)6-14(3)10-19/h4-5,7-8,13-14H,6,9-11H2,1-3H3/t13-,14+. The predicted octanol–water partition coefficient (Wildman–Crippen LogP) is 3.58. The normalized spacial score (nSPS) is 23.6. The highest BCUT2D eigenvalue weighted by Crippen LogP contribution is 2.25. The van der Waals surface area contributed by atoms with Crippen molar-refractivity contribution in [2.45, 2.75) is 33.7 Å². The van der Waals surface area contributed by atoms with Crippen LogP contribution in [0.4, 0.5) is 0 Å². The summed E-state index contributed by atoms with van der Waals surface area (Å²) in [5.74, 6) is 1.45. The number of hydrogen-bond donors (Lipinski definition) is 0. The Morgan fingerprint density at radius 1 is 1.19 bits per heavy atom. The van der Waals surface area contributed by atoms with Gasteiger partial charge in [-0.05, 0) is 42.4 Å². The van der Waals surface area contributed by atoms with E-state index in [-0.39, 0.29) is 5.63 Å². The minimum Gasteiger partial charge on any atom is -0.423 e. The van der Waals surface area contributed by atoms with Crippen LogP contribution in [0.5, 0.6) is 0 Å². The van der Waals surface area contributed by atoms with Gasteiger partial charge >= 0.3 is 5.63 Å². The first-order valence-corrected chi connectivity index (χ1v) is 7.77. The molecule has 3 nitrogen and oxygen atoms in total. The van der Waals surface area contributed by atoms with Gasteiger partial charge in [0.2, 0.25) is 0 Å². The molecule has 0 amide bonds. The molecule has 1 aliphatic rings. The van der Waals surface area contributed by atoms with Gasteiger partial charge in [0.1, 0.15) is 5.58 Å². The third-order valence-corrected chi connectivity index (χ3v) is 4.32. The molecule has 2 atom stereocenters. The molecule has 3 rings (SSSR count). The van der Waals surface area contributed by atoms with Crippen molar-refractivity contribution in [1.29, 1.82) is 0 Å². The maximum atomic E-state index is 11.8. The van der Waals surface area contributed by atoms with Gasteiger partial charge in [0.25, 0.3) is 0 Å². The summed E-state index contributed by atoms with van der Waals surface area (Å²) in [6, 6.07) is 7.75. The molecule has 0 aliphatic carbocycles. The highest BCUT2D eigenvalue weighted by atomic mass is 16.4. The molecule has 1 fully saturated rings. The van der Waals surface area contributed by atoms with Crippen LogP contribution in [0, 0.1) is 18.8 Å². The summed E-state index contributed by atoms with van der Waals surface area (Å²) in [6.45, 7) is 9.68. The third-order valence-electron chi connectivity index (χ3n) is 4.32. The first-order valence-electron chi connectivity index (χ1n) is 7.77. The van der Waals surface area contributed by atoms with Crippen molar-refractivity contribution >= 4 is 11.0 Å². The fourth-order valence-electron chi connectivity index (χ4n) is 3.63. The van der Waals surface area contributed by atoms with E-state index >= 15 is 0 Å². The topological polar surface area (TPSA) is 33.5 Å². The summed E-state index contributed by atoms with van der Waals surface area (Å²) in [5, 5.41) is 1.06. The second-order valence-corrected chi connectivity index (χ2v) is 6.73. The SMILES string of the molecule is Cc1ccc2c(CN3C[C@H](C)C[C@H](C)C3)cc(=O)oc2c1. The predicted molar refractivity (Wildman–Crippen MR) is 85.4 cm³/mol. The Balaban J connectivity index is 1.95. The minimum atomic E-state index is -0.249. The second-order valence-electron chi connectivity index (χ2n) is 6.73. The average Bonchev–Trinajstić information content (AvgIpc) is 2.36. The quantitative estimate of drug-likeness (QED) is 0.791. The van der Waals surface area contributed by atoms with Crippen molar-refractivity contribution in [3.8, 4) is 0 Å². The fraction of sp³-hybridized carbons (Fsp3) is 0.500. The van der Waals surface area contributed by atoms with E-state index in [9.17, 15) is 4.79 Å². The van der Waals surface area contributed by atoms with Crippen LogP contribution >= 0.6 is 0 Å². The van der Waals surface area contributed by atoms with Gasteiger partial charge in [0, 0.05) is 31.1 Å². The summed E-state index contributed by atoms with van der Waals surface area (Å²) in [7, 11) is 0. The highest BCUT2D eigenvalue weighted by Gasteiger charge is 2.22. The molecule has 1 saturated heterocycles. The summed E-state index contributed by atoms with van der Waals surface area (Å²) < 4.78 is 5.34. The van der Waals surface area contributed by atoms with Crippen LogP contribution < -0.4 is 5.63 Å². The van der Waals surface area contributed by atoms with Crippen LogP contribution in [0.2, 0.25) is 0 Å². The number of hydrogen-bond acceptors (Lipinski definition) is 3. The summed E-state index contributed by atoms with van der Waals surface area (Å²) >= 11 is 0. The Morgan fingerprint density at radius 3 is 2.62 bits per heavy atom. The lowest BCUT2D eigenvalue weighted by Gasteiger charge is -2.35. The molecule has 1 aliphatic heterocycles. The molecule has 1 aromatic carbocycles. The zero-order valence-electron chi connectivity index (χ0n) is 13.1. The van der Waals surface area contributed by atoms with E-state index in [1.165, 1.54) is 6.42 Å². The van der Waals surface area contributed by atoms with E-state index < -0.39 is 0 Å². The lowest BCUT2D eigenvalue weighted by molar-refractivity contribution is 0.134. The third kappa shape index (κ3) is 3.18. The first-order chi connectivity index (χ1) is 10.0. The molecule has 2 heterocycles. The van der Waals surface area contributed by atoms with Crippen molar-refractivity contribution in [2.24, 2.45) is 11.8 Å². The second kappa shape index (κ2) is 5.64. The van der Waals surface area contributed by atoms with Gasteiger partial charge in [-0.1, -0.05) is 26.0 Å². The zero-order chi connectivity index (χ0) is 15.0. The largest absolute Gasteiger partial charge is 0.423 e. The number of likely N-dealkylation sites (tertiary alicyclic amines) is 1. The van der Waals surface area contributed by atoms with E-state index in [4.69, 9.17) is 4.42 Å². The smallest absolute Gasteiger partial charge is 0.336 e. The Morgan fingerprint density at radius 2 is 1.90 bits per heavy atom. The van der Waals surface area contributed by atoms with Crippen LogP contribution in [0.15, 0.2) is 33.5 Å². The van der Waals surface area contributed by atoms with Crippen LogP contribution in [0.25, 0.3) is 11.0 Å². The fourth-order valence-corrected chi connectivity index (χ4v) is 3.63. The summed E-state index contributed by atoms with van der Waals surface area (Å²) in [5.41, 5.74) is 2.65. The number of fused-ring (bicyclic) bond motifs is 1. The van der Waals surface area contributed by atoms with Gasteiger partial charge in [-0.3, -0.25) is 4.90 Å². The van der Waals surface area contributed by atoms with Gasteiger partial charge in [-0.25, -0.2) is 4.79 Å². The van der Waals surface area contributed by atoms with Crippen LogP contribution in [0.3, 0.4) is 0 Å². The van der Waals surface area contributed by atoms with E-state index in [1.54, 1.807) is 6.07 Å². The van der Waals surface area contributed by atoms with Crippen molar-refractivity contribution in [1.82, 2.24) is 4.90 Å². The van der Waals surface area contributed by atoms with E-state index in [2.05, 4.69) is 30.9 Å². The molecular weight excluding hydrogens is 262 g/mol. The minimum absolute atomic E-state index is 0.249. The maximum Gasteiger partial charge on any atom is 0.336 e. The molecule has 2 aromatic rings. The molecule has 0 bridgehead atoms. The molecule has 3 heteroatoms. The number of benzene rings is 1. The van der Waals surface area contributed by atoms with Gasteiger partial charge in [-0.15, -0.1) is 0 Å². The van der Waals surface area contributed by atoms with E-state index in [0.29, 0.717) is 5.58 Å². The van der Waals surface area contributed by atoms with E-state index in [0.717, 1.165) is 48.0 Å². The molecule has 1 aromatic heterocycles. The van der Waals surface area contributed by atoms with Crippen molar-refractivity contribution in [3.63, 3.8) is 0 Å². The number of aryl methyl sites for hydroxylation is 1. The number of nitrogens with zero attached hydrogens (tertiary/aromatic N) is 1. The molecule has 0 spiro atoms. The Labute approximate surface area is 125 Å². The monoisotopic (exact) mass is 285 g/mol. The van der Waals surface area contributed by atoms with Gasteiger partial charge < -0.3 is 4.42 Å². The molecule has 0 unspecified atom stereocenters. The molecule has 0 radical (unpaired) electrons. The van der Waals surface area contributed by atoms with Crippen LogP contribution in [-0.4, -0.2) is 18.0 Å². The van der Waals surface area contributed by atoms with Crippen molar-refractivity contribution in [3.05, 3.63) is 45.8 Å². The Bertz CT molecular complexity index is 694. The maximum absolute atomic E-state index is 11.8. The van der Waals surface area contributed by atoms with Crippen molar-refractivity contribution < 1.29 is 4.42 Å². The zero-order valence-corrected chi connectivity index (χ0v) is 13.1. The number of rotatable bonds is 2. The van der Waals surface area contributed by atoms with Crippen LogP contribution in [-0.2, 0) is 6.54 Å². The highest BCUT2D eigenvalue weighted by molar-refractivity contribution is 5.80. The van der Waals surface area contributed by atoms with Gasteiger partial charge in [0.15, 0.2) is 0 Å².